The molecular formula is C12H15F2NO4S. The van der Waals surface area contributed by atoms with Gasteiger partial charge in [-0.2, -0.15) is 0 Å². The SMILES string of the molecule is O=S(=O)(Cc1c(F)cccc1F)NCC1(O)CCOC1. The van der Waals surface area contributed by atoms with Crippen LogP contribution in [0.5, 0.6) is 0 Å². The highest BCUT2D eigenvalue weighted by Gasteiger charge is 2.33. The summed E-state index contributed by atoms with van der Waals surface area (Å²) >= 11 is 0. The van der Waals surface area contributed by atoms with Gasteiger partial charge in [0.2, 0.25) is 10.0 Å². The van der Waals surface area contributed by atoms with Gasteiger partial charge < -0.3 is 9.84 Å². The minimum Gasteiger partial charge on any atom is -0.386 e. The Balaban J connectivity index is 2.04. The Labute approximate surface area is 115 Å². The van der Waals surface area contributed by atoms with E-state index in [0.29, 0.717) is 13.0 Å². The topological polar surface area (TPSA) is 75.6 Å². The van der Waals surface area contributed by atoms with E-state index in [0.717, 1.165) is 18.2 Å². The van der Waals surface area contributed by atoms with Crippen molar-refractivity contribution < 1.29 is 27.0 Å². The zero-order chi connectivity index (χ0) is 14.8. The van der Waals surface area contributed by atoms with Crippen molar-refractivity contribution >= 4 is 10.0 Å². The van der Waals surface area contributed by atoms with Crippen LogP contribution in [0.3, 0.4) is 0 Å². The molecule has 0 amide bonds. The molecule has 0 aromatic heterocycles. The molecule has 1 aromatic carbocycles. The number of nitrogens with one attached hydrogen (secondary N) is 1. The molecule has 20 heavy (non-hydrogen) atoms. The minimum absolute atomic E-state index is 0.0313. The molecule has 0 radical (unpaired) electrons. The van der Waals surface area contributed by atoms with Crippen LogP contribution in [0.2, 0.25) is 0 Å². The van der Waals surface area contributed by atoms with E-state index in [1.54, 1.807) is 0 Å². The van der Waals surface area contributed by atoms with Crippen LogP contribution in [0.25, 0.3) is 0 Å². The van der Waals surface area contributed by atoms with Crippen molar-refractivity contribution in [2.24, 2.45) is 0 Å². The number of rotatable bonds is 5. The molecule has 2 rings (SSSR count). The molecule has 5 nitrogen and oxygen atoms in total. The van der Waals surface area contributed by atoms with Crippen molar-refractivity contribution in [1.29, 1.82) is 0 Å². The Kier molecular flexibility index (Phi) is 4.38. The van der Waals surface area contributed by atoms with Crippen molar-refractivity contribution in [3.8, 4) is 0 Å². The Bertz CT molecular complexity index is 565. The molecule has 1 aliphatic rings. The highest BCUT2D eigenvalue weighted by Crippen LogP contribution is 2.19. The number of aliphatic hydroxyl groups is 1. The van der Waals surface area contributed by atoms with E-state index in [2.05, 4.69) is 4.72 Å². The third-order valence-electron chi connectivity index (χ3n) is 3.10. The fourth-order valence-electron chi connectivity index (χ4n) is 1.89. The maximum Gasteiger partial charge on any atom is 0.216 e. The Hall–Kier alpha value is -1.09. The van der Waals surface area contributed by atoms with Crippen LogP contribution in [0, 0.1) is 11.6 Å². The van der Waals surface area contributed by atoms with Crippen molar-refractivity contribution in [2.45, 2.75) is 17.8 Å². The summed E-state index contributed by atoms with van der Waals surface area (Å²) in [6.07, 6.45) is 0.309. The molecule has 1 aromatic rings. The molecular weight excluding hydrogens is 292 g/mol. The molecule has 0 saturated carbocycles. The first kappa shape index (κ1) is 15.3. The van der Waals surface area contributed by atoms with Crippen LogP contribution < -0.4 is 4.72 Å². The Morgan fingerprint density at radius 1 is 1.35 bits per heavy atom. The normalized spacial score (nSPS) is 23.1. The fourth-order valence-corrected chi connectivity index (χ4v) is 3.14. The highest BCUT2D eigenvalue weighted by atomic mass is 32.2. The maximum absolute atomic E-state index is 13.4. The molecule has 0 bridgehead atoms. The number of halogens is 2. The quantitative estimate of drug-likeness (QED) is 0.832. The molecule has 2 N–H and O–H groups in total. The second-order valence-corrected chi connectivity index (χ2v) is 6.61. The van der Waals surface area contributed by atoms with E-state index in [9.17, 15) is 22.3 Å². The molecule has 1 fully saturated rings. The van der Waals surface area contributed by atoms with Gasteiger partial charge in [-0.1, -0.05) is 6.07 Å². The first-order chi connectivity index (χ1) is 9.31. The Morgan fingerprint density at radius 2 is 2.00 bits per heavy atom. The fraction of sp³-hybridized carbons (Fsp3) is 0.500. The van der Waals surface area contributed by atoms with Gasteiger partial charge in [0.1, 0.15) is 17.2 Å². The maximum atomic E-state index is 13.4. The van der Waals surface area contributed by atoms with E-state index >= 15 is 0 Å². The van der Waals surface area contributed by atoms with Gasteiger partial charge in [0.15, 0.2) is 0 Å². The van der Waals surface area contributed by atoms with Gasteiger partial charge in [-0.05, 0) is 12.1 Å². The zero-order valence-corrected chi connectivity index (χ0v) is 11.4. The highest BCUT2D eigenvalue weighted by molar-refractivity contribution is 7.88. The molecule has 1 atom stereocenters. The second kappa shape index (κ2) is 5.72. The number of hydrogen-bond acceptors (Lipinski definition) is 4. The lowest BCUT2D eigenvalue weighted by atomic mass is 10.1. The third-order valence-corrected chi connectivity index (χ3v) is 4.35. The lowest BCUT2D eigenvalue weighted by Gasteiger charge is -2.20. The predicted molar refractivity (Wildman–Crippen MR) is 67.4 cm³/mol. The van der Waals surface area contributed by atoms with E-state index in [1.807, 2.05) is 0 Å². The zero-order valence-electron chi connectivity index (χ0n) is 10.6. The minimum atomic E-state index is -3.95. The van der Waals surface area contributed by atoms with Crippen LogP contribution >= 0.6 is 0 Å². The summed E-state index contributed by atoms with van der Waals surface area (Å²) in [7, 11) is -3.95. The Morgan fingerprint density at radius 3 is 2.55 bits per heavy atom. The summed E-state index contributed by atoms with van der Waals surface area (Å²) in [5.41, 5.74) is -1.78. The number of hydrogen-bond donors (Lipinski definition) is 2. The molecule has 1 unspecified atom stereocenters. The van der Waals surface area contributed by atoms with Gasteiger partial charge in [-0.15, -0.1) is 0 Å². The number of sulfonamides is 1. The van der Waals surface area contributed by atoms with Crippen molar-refractivity contribution in [2.75, 3.05) is 19.8 Å². The summed E-state index contributed by atoms with van der Waals surface area (Å²) in [6, 6.07) is 3.14. The van der Waals surface area contributed by atoms with Crippen LogP contribution in [0.15, 0.2) is 18.2 Å². The lowest BCUT2D eigenvalue weighted by Crippen LogP contribution is -2.43. The van der Waals surface area contributed by atoms with Gasteiger partial charge in [0.25, 0.3) is 0 Å². The van der Waals surface area contributed by atoms with E-state index in [4.69, 9.17) is 4.74 Å². The molecule has 0 spiro atoms. The van der Waals surface area contributed by atoms with Crippen LogP contribution in [-0.4, -0.2) is 38.9 Å². The first-order valence-electron chi connectivity index (χ1n) is 6.02. The van der Waals surface area contributed by atoms with Crippen LogP contribution in [0.1, 0.15) is 12.0 Å². The van der Waals surface area contributed by atoms with Gasteiger partial charge in [0, 0.05) is 25.1 Å². The van der Waals surface area contributed by atoms with E-state index in [-0.39, 0.29) is 13.2 Å². The van der Waals surface area contributed by atoms with Crippen molar-refractivity contribution in [1.82, 2.24) is 4.72 Å². The molecule has 1 heterocycles. The summed E-state index contributed by atoms with van der Waals surface area (Å²) < 4.78 is 57.5. The predicted octanol–water partition coefficient (Wildman–Crippen LogP) is 0.536. The number of benzene rings is 1. The van der Waals surface area contributed by atoms with Crippen molar-refractivity contribution in [3.05, 3.63) is 35.4 Å². The summed E-state index contributed by atoms with van der Waals surface area (Å²) in [4.78, 5) is 0. The first-order valence-corrected chi connectivity index (χ1v) is 7.67. The second-order valence-electron chi connectivity index (χ2n) is 4.81. The largest absolute Gasteiger partial charge is 0.386 e. The lowest BCUT2D eigenvalue weighted by molar-refractivity contribution is 0.0314. The number of ether oxygens (including phenoxy) is 1. The van der Waals surface area contributed by atoms with Gasteiger partial charge >= 0.3 is 0 Å². The summed E-state index contributed by atoms with van der Waals surface area (Å²) in [5.74, 6) is -2.65. The molecule has 112 valence electrons. The van der Waals surface area contributed by atoms with Gasteiger partial charge in [-0.25, -0.2) is 21.9 Å². The van der Waals surface area contributed by atoms with E-state index in [1.165, 1.54) is 0 Å². The van der Waals surface area contributed by atoms with E-state index < -0.39 is 38.6 Å². The van der Waals surface area contributed by atoms with Gasteiger partial charge in [-0.3, -0.25) is 0 Å². The van der Waals surface area contributed by atoms with Crippen LogP contribution in [0.4, 0.5) is 8.78 Å². The molecule has 0 aliphatic carbocycles. The average Bonchev–Trinajstić information content (AvgIpc) is 2.80. The summed E-state index contributed by atoms with van der Waals surface area (Å²) in [5, 5.41) is 9.93. The van der Waals surface area contributed by atoms with Crippen molar-refractivity contribution in [3.63, 3.8) is 0 Å². The average molecular weight is 307 g/mol. The molecule has 8 heteroatoms. The van der Waals surface area contributed by atoms with Gasteiger partial charge in [0.05, 0.1) is 12.4 Å². The standard InChI is InChI=1S/C12H15F2NO4S/c13-10-2-1-3-11(14)9(10)6-20(17,18)15-7-12(16)4-5-19-8-12/h1-3,15-16H,4-8H2. The summed E-state index contributed by atoms with van der Waals surface area (Å²) in [6.45, 7) is 0.134. The third kappa shape index (κ3) is 3.72. The molecule has 1 aliphatic heterocycles. The smallest absolute Gasteiger partial charge is 0.216 e. The molecule has 1 saturated heterocycles. The monoisotopic (exact) mass is 307 g/mol. The van der Waals surface area contributed by atoms with Crippen LogP contribution in [-0.2, 0) is 20.5 Å².